The normalized spacial score (nSPS) is 14.8. The summed E-state index contributed by atoms with van der Waals surface area (Å²) in [5.41, 5.74) is 2.86. The first kappa shape index (κ1) is 29.6. The largest absolute Gasteiger partial charge is 0.493 e. The van der Waals surface area contributed by atoms with E-state index in [0.717, 1.165) is 28.8 Å². The Hall–Kier alpha value is -4.92. The summed E-state index contributed by atoms with van der Waals surface area (Å²) in [5.74, 6) is -2.23. The highest BCUT2D eigenvalue weighted by atomic mass is 19.1. The van der Waals surface area contributed by atoms with Crippen LogP contribution in [0, 0.1) is 11.6 Å². The molecular weight excluding hydrogens is 556 g/mol. The van der Waals surface area contributed by atoms with Crippen LogP contribution >= 0.6 is 0 Å². The van der Waals surface area contributed by atoms with Crippen LogP contribution in [0.25, 0.3) is 0 Å². The predicted molar refractivity (Wildman–Crippen MR) is 155 cm³/mol. The van der Waals surface area contributed by atoms with E-state index >= 15 is 0 Å². The zero-order valence-electron chi connectivity index (χ0n) is 23.8. The highest BCUT2D eigenvalue weighted by Gasteiger charge is 2.41. The van der Waals surface area contributed by atoms with Gasteiger partial charge in [-0.2, -0.15) is 0 Å². The Bertz CT molecular complexity index is 1580. The van der Waals surface area contributed by atoms with Crippen LogP contribution in [-0.4, -0.2) is 36.5 Å². The number of nitrogens with zero attached hydrogens (tertiary/aromatic N) is 1. The van der Waals surface area contributed by atoms with Gasteiger partial charge in [-0.15, -0.1) is 0 Å². The van der Waals surface area contributed by atoms with E-state index < -0.39 is 35.7 Å². The Balaban J connectivity index is 1.52. The molecule has 222 valence electrons. The van der Waals surface area contributed by atoms with Gasteiger partial charge in [-0.3, -0.25) is 4.79 Å². The second-order valence-electron chi connectivity index (χ2n) is 9.93. The second-order valence-corrected chi connectivity index (χ2v) is 9.93. The molecule has 0 aromatic heterocycles. The Morgan fingerprint density at radius 3 is 2.30 bits per heavy atom. The molecule has 0 N–H and O–H groups in total. The molecule has 0 radical (unpaired) electrons. The van der Waals surface area contributed by atoms with E-state index in [-0.39, 0.29) is 31.9 Å². The van der Waals surface area contributed by atoms with Crippen LogP contribution < -0.4 is 14.2 Å². The molecule has 0 fully saturated rings. The lowest BCUT2D eigenvalue weighted by Crippen LogP contribution is -2.51. The topological polar surface area (TPSA) is 74.3 Å². The van der Waals surface area contributed by atoms with Gasteiger partial charge in [-0.25, -0.2) is 13.6 Å². The van der Waals surface area contributed by atoms with E-state index in [4.69, 9.17) is 18.9 Å². The number of hydrogen-bond acceptors (Lipinski definition) is 6. The Kier molecular flexibility index (Phi) is 9.20. The minimum absolute atomic E-state index is 0.0297. The molecule has 9 heteroatoms. The monoisotopic (exact) mass is 587 g/mol. The third kappa shape index (κ3) is 6.61. The predicted octanol–water partition coefficient (Wildman–Crippen LogP) is 6.19. The molecule has 4 aromatic rings. The van der Waals surface area contributed by atoms with Crippen LogP contribution in [0.15, 0.2) is 91.0 Å². The van der Waals surface area contributed by atoms with Gasteiger partial charge < -0.3 is 23.8 Å². The van der Waals surface area contributed by atoms with E-state index in [2.05, 4.69) is 0 Å². The highest BCUT2D eigenvalue weighted by Crippen LogP contribution is 2.40. The van der Waals surface area contributed by atoms with Crippen molar-refractivity contribution in [2.75, 3.05) is 13.7 Å². The van der Waals surface area contributed by atoms with Crippen molar-refractivity contribution in [1.82, 2.24) is 4.90 Å². The number of ether oxygens (including phenoxy) is 4. The molecule has 1 aliphatic heterocycles. The maximum atomic E-state index is 14.7. The standard InChI is InChI=1S/C34H31F2NO6/c1-3-41-34(39)28-19-26-24(14-16-30(40-2)32(26)42-21-22-10-6-4-7-11-22)20-37(28)33(38)31(23-12-8-5-9-13-23)43-29-17-15-25(35)18-27(29)36/h4-18,28,31H,3,19-21H2,1-2H3. The van der Waals surface area contributed by atoms with Crippen LogP contribution in [-0.2, 0) is 33.9 Å². The van der Waals surface area contributed by atoms with Gasteiger partial charge in [0.05, 0.1) is 13.7 Å². The van der Waals surface area contributed by atoms with Crippen molar-refractivity contribution >= 4 is 11.9 Å². The van der Waals surface area contributed by atoms with Gasteiger partial charge in [-0.05, 0) is 36.2 Å². The number of hydrogen-bond donors (Lipinski definition) is 0. The second kappa shape index (κ2) is 13.4. The number of fused-ring (bicyclic) bond motifs is 1. The van der Waals surface area contributed by atoms with E-state index in [0.29, 0.717) is 23.1 Å². The minimum atomic E-state index is -1.33. The summed E-state index contributed by atoms with van der Waals surface area (Å²) in [6.07, 6.45) is -1.24. The third-order valence-corrected chi connectivity index (χ3v) is 7.19. The molecule has 4 aromatic carbocycles. The summed E-state index contributed by atoms with van der Waals surface area (Å²) in [7, 11) is 1.54. The van der Waals surface area contributed by atoms with Crippen LogP contribution in [0.1, 0.15) is 35.3 Å². The molecule has 0 bridgehead atoms. The lowest BCUT2D eigenvalue weighted by atomic mass is 9.91. The fourth-order valence-corrected chi connectivity index (χ4v) is 5.08. The molecule has 43 heavy (non-hydrogen) atoms. The number of methoxy groups -OCH3 is 1. The van der Waals surface area contributed by atoms with E-state index in [1.54, 1.807) is 43.3 Å². The Labute approximate surface area is 248 Å². The summed E-state index contributed by atoms with van der Waals surface area (Å²) in [6, 6.07) is 23.6. The molecule has 1 amide bonds. The van der Waals surface area contributed by atoms with Crippen molar-refractivity contribution in [2.24, 2.45) is 0 Å². The van der Waals surface area contributed by atoms with E-state index in [1.165, 1.54) is 12.0 Å². The number of benzene rings is 4. The summed E-state index contributed by atoms with van der Waals surface area (Å²) >= 11 is 0. The van der Waals surface area contributed by atoms with Crippen molar-refractivity contribution in [3.8, 4) is 17.2 Å². The molecule has 0 spiro atoms. The fraction of sp³-hybridized carbons (Fsp3) is 0.235. The smallest absolute Gasteiger partial charge is 0.329 e. The number of carbonyl (C=O) groups is 2. The maximum Gasteiger partial charge on any atom is 0.329 e. The first-order valence-corrected chi connectivity index (χ1v) is 13.9. The van der Waals surface area contributed by atoms with Crippen LogP contribution in [0.5, 0.6) is 17.2 Å². The minimum Gasteiger partial charge on any atom is -0.493 e. The zero-order valence-corrected chi connectivity index (χ0v) is 23.8. The Morgan fingerprint density at radius 2 is 1.63 bits per heavy atom. The quantitative estimate of drug-likeness (QED) is 0.206. The van der Waals surface area contributed by atoms with Gasteiger partial charge in [0.15, 0.2) is 23.1 Å². The number of amides is 1. The fourth-order valence-electron chi connectivity index (χ4n) is 5.08. The summed E-state index contributed by atoms with van der Waals surface area (Å²) in [4.78, 5) is 29.0. The number of halogens is 2. The molecule has 2 atom stereocenters. The average Bonchev–Trinajstić information content (AvgIpc) is 3.03. The third-order valence-electron chi connectivity index (χ3n) is 7.19. The van der Waals surface area contributed by atoms with Crippen LogP contribution in [0.3, 0.4) is 0 Å². The molecular formula is C34H31F2NO6. The number of carbonyl (C=O) groups excluding carboxylic acids is 2. The number of rotatable bonds is 10. The highest BCUT2D eigenvalue weighted by molar-refractivity contribution is 5.89. The van der Waals surface area contributed by atoms with Gasteiger partial charge in [0, 0.05) is 30.2 Å². The zero-order chi connectivity index (χ0) is 30.3. The van der Waals surface area contributed by atoms with E-state index in [9.17, 15) is 18.4 Å². The summed E-state index contributed by atoms with van der Waals surface area (Å²) in [6.45, 7) is 2.10. The lowest BCUT2D eigenvalue weighted by molar-refractivity contribution is -0.159. The Morgan fingerprint density at radius 1 is 0.930 bits per heavy atom. The SMILES string of the molecule is CCOC(=O)C1Cc2c(ccc(OC)c2OCc2ccccc2)CN1C(=O)C(Oc1ccc(F)cc1F)c1ccccc1. The molecule has 7 nitrogen and oxygen atoms in total. The molecule has 0 saturated heterocycles. The summed E-state index contributed by atoms with van der Waals surface area (Å²) < 4.78 is 51.4. The van der Waals surface area contributed by atoms with Crippen molar-refractivity contribution in [3.05, 3.63) is 125 Å². The van der Waals surface area contributed by atoms with E-state index in [1.807, 2.05) is 36.4 Å². The average molecular weight is 588 g/mol. The van der Waals surface area contributed by atoms with Gasteiger partial charge in [0.25, 0.3) is 5.91 Å². The number of esters is 1. The van der Waals surface area contributed by atoms with Crippen molar-refractivity contribution in [2.45, 2.75) is 38.6 Å². The van der Waals surface area contributed by atoms with Gasteiger partial charge in [0.1, 0.15) is 18.5 Å². The lowest BCUT2D eigenvalue weighted by Gasteiger charge is -2.38. The first-order chi connectivity index (χ1) is 20.9. The molecule has 1 heterocycles. The van der Waals surface area contributed by atoms with Gasteiger partial charge >= 0.3 is 5.97 Å². The van der Waals surface area contributed by atoms with Crippen molar-refractivity contribution in [3.63, 3.8) is 0 Å². The van der Waals surface area contributed by atoms with Gasteiger partial charge in [0.2, 0.25) is 6.10 Å². The molecule has 2 unspecified atom stereocenters. The molecule has 0 saturated carbocycles. The molecule has 5 rings (SSSR count). The summed E-state index contributed by atoms with van der Waals surface area (Å²) in [5, 5.41) is 0. The van der Waals surface area contributed by atoms with Gasteiger partial charge in [-0.1, -0.05) is 66.7 Å². The maximum absolute atomic E-state index is 14.7. The molecule has 0 aliphatic carbocycles. The van der Waals surface area contributed by atoms with Crippen LogP contribution in [0.2, 0.25) is 0 Å². The van der Waals surface area contributed by atoms with Crippen LogP contribution in [0.4, 0.5) is 8.78 Å². The van der Waals surface area contributed by atoms with Crippen molar-refractivity contribution in [1.29, 1.82) is 0 Å². The van der Waals surface area contributed by atoms with Crippen molar-refractivity contribution < 1.29 is 37.3 Å². The first-order valence-electron chi connectivity index (χ1n) is 13.9. The molecule has 1 aliphatic rings.